The van der Waals surface area contributed by atoms with Gasteiger partial charge in [-0.3, -0.25) is 4.79 Å². The summed E-state index contributed by atoms with van der Waals surface area (Å²) in [5, 5.41) is 27.0. The Morgan fingerprint density at radius 2 is 1.67 bits per heavy atom. The van der Waals surface area contributed by atoms with Gasteiger partial charge in [-0.25, -0.2) is 9.59 Å². The highest BCUT2D eigenvalue weighted by Gasteiger charge is 2.31. The average Bonchev–Trinajstić information content (AvgIpc) is 3.40. The number of aromatic hydroxyl groups is 1. The van der Waals surface area contributed by atoms with E-state index < -0.39 is 17.5 Å². The SMILES string of the molecule is CN1CCCC1CCOC(C)(c1ccccc1)c1ccc(Cl)cc1.Cc1cc(=O)c2c(O)c3c(cc2o1)OCC(C)CC3.O=C(O)C=CC(=O)O. The minimum Gasteiger partial charge on any atom is -0.507 e. The molecule has 6 rings (SSSR count). The molecule has 3 unspecified atom stereocenters. The Hall–Kier alpha value is -4.64. The Morgan fingerprint density at radius 1 is 1.02 bits per heavy atom. The van der Waals surface area contributed by atoms with Crippen molar-refractivity contribution >= 4 is 34.5 Å². The zero-order chi connectivity index (χ0) is 37.1. The summed E-state index contributed by atoms with van der Waals surface area (Å²) in [6.45, 7) is 8.56. The summed E-state index contributed by atoms with van der Waals surface area (Å²) < 4.78 is 17.7. The maximum atomic E-state index is 12.0. The van der Waals surface area contributed by atoms with Gasteiger partial charge >= 0.3 is 11.9 Å². The summed E-state index contributed by atoms with van der Waals surface area (Å²) in [6, 6.07) is 22.2. The first-order valence-corrected chi connectivity index (χ1v) is 17.4. The van der Waals surface area contributed by atoms with Gasteiger partial charge in [0, 0.05) is 47.5 Å². The van der Waals surface area contributed by atoms with Crippen LogP contribution in [0.25, 0.3) is 11.0 Å². The number of halogens is 1. The largest absolute Gasteiger partial charge is 0.507 e. The summed E-state index contributed by atoms with van der Waals surface area (Å²) >= 11 is 6.07. The van der Waals surface area contributed by atoms with Crippen molar-refractivity contribution in [2.24, 2.45) is 5.92 Å². The van der Waals surface area contributed by atoms with Crippen molar-refractivity contribution in [1.82, 2.24) is 4.90 Å². The monoisotopic (exact) mass is 719 g/mol. The fourth-order valence-corrected chi connectivity index (χ4v) is 6.39. The molecule has 0 saturated carbocycles. The Balaban J connectivity index is 0.000000192. The number of phenolic OH excluding ortho intramolecular Hbond substituents is 1. The molecule has 0 radical (unpaired) electrons. The second-order valence-corrected chi connectivity index (χ2v) is 13.5. The minimum absolute atomic E-state index is 0.00958. The minimum atomic E-state index is -1.26. The van der Waals surface area contributed by atoms with Gasteiger partial charge in [-0.05, 0) is 88.7 Å². The topological polar surface area (TPSA) is 147 Å². The van der Waals surface area contributed by atoms with E-state index in [0.29, 0.717) is 59.8 Å². The molecule has 4 aromatic rings. The molecule has 2 aliphatic heterocycles. The standard InChI is InChI=1S/C21H26ClNO.C15H16O4.C4H4O4/c1-21(17-7-4-3-5-8-17,18-10-12-19(22)13-11-18)24-16-14-20-9-6-15-23(20)2;1-8-3-4-10-12(18-7-8)6-13-14(15(10)17)11(16)5-9(2)19-13;5-3(6)1-2-4(7)8/h3-5,7-8,10-13,20H,6,9,14-16H2,1-2H3;5-6,8,17H,3-4,7H2,1-2H3;1-2H,(H,5,6)(H,7,8). The van der Waals surface area contributed by atoms with E-state index >= 15 is 0 Å². The van der Waals surface area contributed by atoms with Gasteiger partial charge in [-0.1, -0.05) is 61.0 Å². The van der Waals surface area contributed by atoms with Crippen LogP contribution in [0.4, 0.5) is 0 Å². The summed E-state index contributed by atoms with van der Waals surface area (Å²) in [4.78, 5) is 33.6. The van der Waals surface area contributed by atoms with E-state index in [2.05, 4.69) is 62.2 Å². The van der Waals surface area contributed by atoms with Crippen molar-refractivity contribution in [3.05, 3.63) is 117 Å². The number of carboxylic acid groups (broad SMARTS) is 2. The molecule has 3 N–H and O–H groups in total. The van der Waals surface area contributed by atoms with Gasteiger partial charge in [0.1, 0.15) is 33.8 Å². The van der Waals surface area contributed by atoms with Crippen LogP contribution in [-0.4, -0.2) is 65.0 Å². The Bertz CT molecular complexity index is 1860. The van der Waals surface area contributed by atoms with E-state index in [0.717, 1.165) is 30.0 Å². The lowest BCUT2D eigenvalue weighted by Gasteiger charge is -2.32. The molecule has 1 fully saturated rings. The number of likely N-dealkylation sites (tertiary alicyclic amines) is 1. The van der Waals surface area contributed by atoms with E-state index in [1.807, 2.05) is 18.2 Å². The molecular weight excluding hydrogens is 674 g/mol. The third-order valence-electron chi connectivity index (χ3n) is 9.19. The zero-order valence-corrected chi connectivity index (χ0v) is 30.2. The number of fused-ring (bicyclic) bond motifs is 2. The van der Waals surface area contributed by atoms with Gasteiger partial charge in [-0.2, -0.15) is 0 Å². The van der Waals surface area contributed by atoms with Gasteiger partial charge in [-0.15, -0.1) is 0 Å². The first-order valence-electron chi connectivity index (χ1n) is 17.0. The van der Waals surface area contributed by atoms with Crippen molar-refractivity contribution in [2.75, 3.05) is 26.8 Å². The van der Waals surface area contributed by atoms with Crippen LogP contribution in [-0.2, 0) is 26.3 Å². The molecular formula is C40H46ClNO9. The number of ether oxygens (including phenoxy) is 2. The molecule has 11 heteroatoms. The van der Waals surface area contributed by atoms with Gasteiger partial charge < -0.3 is 34.1 Å². The molecule has 0 bridgehead atoms. The van der Waals surface area contributed by atoms with Crippen molar-refractivity contribution in [2.45, 2.75) is 64.5 Å². The Kier molecular flexibility index (Phi) is 13.8. The van der Waals surface area contributed by atoms with Crippen LogP contribution >= 0.6 is 11.6 Å². The fraction of sp³-hybridized carbons (Fsp3) is 0.375. The number of benzene rings is 3. The molecule has 3 heterocycles. The molecule has 1 saturated heterocycles. The fourth-order valence-electron chi connectivity index (χ4n) is 6.26. The first-order chi connectivity index (χ1) is 24.3. The van der Waals surface area contributed by atoms with Crippen molar-refractivity contribution in [1.29, 1.82) is 0 Å². The first kappa shape index (κ1) is 39.2. The molecule has 1 aromatic heterocycles. The highest BCUT2D eigenvalue weighted by atomic mass is 35.5. The molecule has 0 aliphatic carbocycles. The highest BCUT2D eigenvalue weighted by Crippen LogP contribution is 2.38. The van der Waals surface area contributed by atoms with Gasteiger partial charge in [0.15, 0.2) is 5.43 Å². The van der Waals surface area contributed by atoms with Crippen molar-refractivity contribution in [3.63, 3.8) is 0 Å². The number of nitrogens with zero attached hydrogens (tertiary/aromatic N) is 1. The number of hydrogen-bond acceptors (Lipinski definition) is 8. The van der Waals surface area contributed by atoms with Crippen LogP contribution in [0, 0.1) is 12.8 Å². The quantitative estimate of drug-likeness (QED) is 0.156. The van der Waals surface area contributed by atoms with Gasteiger partial charge in [0.25, 0.3) is 0 Å². The molecule has 0 spiro atoms. The second-order valence-electron chi connectivity index (χ2n) is 13.1. The van der Waals surface area contributed by atoms with Crippen molar-refractivity contribution in [3.8, 4) is 11.5 Å². The lowest BCUT2D eigenvalue weighted by molar-refractivity contribution is -0.134. The molecule has 10 nitrogen and oxygen atoms in total. The van der Waals surface area contributed by atoms with Crippen LogP contribution < -0.4 is 10.2 Å². The summed E-state index contributed by atoms with van der Waals surface area (Å²) in [5.41, 5.74) is 2.74. The van der Waals surface area contributed by atoms with Crippen molar-refractivity contribution < 1.29 is 38.8 Å². The number of carboxylic acids is 2. The third kappa shape index (κ3) is 10.7. The number of aryl methyl sites for hydroxylation is 1. The number of aliphatic carboxylic acids is 2. The second kappa shape index (κ2) is 18.0. The normalized spacial score (nSPS) is 18.3. The van der Waals surface area contributed by atoms with Crippen LogP contribution in [0.1, 0.15) is 62.0 Å². The third-order valence-corrected chi connectivity index (χ3v) is 9.44. The zero-order valence-electron chi connectivity index (χ0n) is 29.4. The Morgan fingerprint density at radius 3 is 2.27 bits per heavy atom. The average molecular weight is 720 g/mol. The van der Waals surface area contributed by atoms with Crippen LogP contribution in [0.15, 0.2) is 88.1 Å². The van der Waals surface area contributed by atoms with Gasteiger partial charge in [0.2, 0.25) is 0 Å². The van der Waals surface area contributed by atoms with E-state index in [1.54, 1.807) is 13.0 Å². The van der Waals surface area contributed by atoms with Gasteiger partial charge in [0.05, 0.1) is 6.61 Å². The van der Waals surface area contributed by atoms with Crippen LogP contribution in [0.3, 0.4) is 0 Å². The summed E-state index contributed by atoms with van der Waals surface area (Å²) in [6.07, 6.45) is 6.42. The van der Waals surface area contributed by atoms with E-state index in [-0.39, 0.29) is 16.6 Å². The van der Waals surface area contributed by atoms with E-state index in [9.17, 15) is 19.5 Å². The molecule has 51 heavy (non-hydrogen) atoms. The predicted molar refractivity (Wildman–Crippen MR) is 197 cm³/mol. The molecule has 3 atom stereocenters. The summed E-state index contributed by atoms with van der Waals surface area (Å²) in [7, 11) is 2.22. The predicted octanol–water partition coefficient (Wildman–Crippen LogP) is 7.58. The molecule has 2 aliphatic rings. The molecule has 3 aromatic carbocycles. The molecule has 0 amide bonds. The lowest BCUT2D eigenvalue weighted by atomic mass is 9.88. The van der Waals surface area contributed by atoms with E-state index in [1.165, 1.54) is 31.0 Å². The Labute approximate surface area is 302 Å². The number of hydrogen-bond donors (Lipinski definition) is 3. The van der Waals surface area contributed by atoms with Crippen LogP contribution in [0.2, 0.25) is 5.02 Å². The number of carbonyl (C=O) groups is 2. The lowest BCUT2D eigenvalue weighted by Crippen LogP contribution is -2.31. The summed E-state index contributed by atoms with van der Waals surface area (Å²) in [5.74, 6) is -0.919. The molecule has 272 valence electrons. The maximum Gasteiger partial charge on any atom is 0.328 e. The van der Waals surface area contributed by atoms with E-state index in [4.69, 9.17) is 35.7 Å². The van der Waals surface area contributed by atoms with Crippen LogP contribution in [0.5, 0.6) is 11.5 Å². The number of phenols is 1. The maximum absolute atomic E-state index is 12.0. The number of rotatable bonds is 8. The highest BCUT2D eigenvalue weighted by molar-refractivity contribution is 6.30. The smallest absolute Gasteiger partial charge is 0.328 e.